The standard InChI is InChI=1S/C9H18N2O2/c1-7(2)11-9(12)6-13-8-3-4-10-5-8/h7-8,10H,3-6H2,1-2H3,(H,11,12). The molecule has 1 aliphatic rings. The van der Waals surface area contributed by atoms with Gasteiger partial charge in [-0.3, -0.25) is 4.79 Å². The second-order valence-electron chi connectivity index (χ2n) is 3.65. The van der Waals surface area contributed by atoms with Gasteiger partial charge in [0.1, 0.15) is 6.61 Å². The molecule has 1 amide bonds. The molecule has 2 N–H and O–H groups in total. The van der Waals surface area contributed by atoms with Gasteiger partial charge in [0.15, 0.2) is 0 Å². The largest absolute Gasteiger partial charge is 0.367 e. The summed E-state index contributed by atoms with van der Waals surface area (Å²) in [5.41, 5.74) is 0. The molecule has 0 aromatic heterocycles. The van der Waals surface area contributed by atoms with E-state index in [1.807, 2.05) is 13.8 Å². The van der Waals surface area contributed by atoms with Crippen molar-refractivity contribution in [2.24, 2.45) is 0 Å². The summed E-state index contributed by atoms with van der Waals surface area (Å²) < 4.78 is 5.39. The number of carbonyl (C=O) groups excluding carboxylic acids is 1. The van der Waals surface area contributed by atoms with Crippen molar-refractivity contribution in [3.05, 3.63) is 0 Å². The highest BCUT2D eigenvalue weighted by molar-refractivity contribution is 5.77. The Kier molecular flexibility index (Phi) is 4.18. The lowest BCUT2D eigenvalue weighted by Crippen LogP contribution is -2.34. The van der Waals surface area contributed by atoms with Gasteiger partial charge in [-0.05, 0) is 26.8 Å². The molecule has 0 bridgehead atoms. The molecule has 1 atom stereocenters. The Morgan fingerprint density at radius 1 is 1.69 bits per heavy atom. The van der Waals surface area contributed by atoms with Crippen LogP contribution in [0.3, 0.4) is 0 Å². The minimum absolute atomic E-state index is 0.0260. The molecule has 1 heterocycles. The van der Waals surface area contributed by atoms with E-state index in [4.69, 9.17) is 4.74 Å². The maximum Gasteiger partial charge on any atom is 0.246 e. The molecule has 1 rings (SSSR count). The Hall–Kier alpha value is -0.610. The number of amides is 1. The Morgan fingerprint density at radius 3 is 3.00 bits per heavy atom. The molecule has 0 aromatic carbocycles. The first kappa shape index (κ1) is 10.5. The molecule has 4 heteroatoms. The number of hydrogen-bond donors (Lipinski definition) is 2. The Labute approximate surface area is 79.0 Å². The van der Waals surface area contributed by atoms with Gasteiger partial charge in [0.2, 0.25) is 5.91 Å². The molecule has 13 heavy (non-hydrogen) atoms. The molecule has 0 aliphatic carbocycles. The first-order valence-electron chi connectivity index (χ1n) is 4.80. The van der Waals surface area contributed by atoms with E-state index in [0.717, 1.165) is 19.5 Å². The van der Waals surface area contributed by atoms with Crippen molar-refractivity contribution in [3.63, 3.8) is 0 Å². The van der Waals surface area contributed by atoms with Gasteiger partial charge < -0.3 is 15.4 Å². The highest BCUT2D eigenvalue weighted by atomic mass is 16.5. The van der Waals surface area contributed by atoms with E-state index in [2.05, 4.69) is 10.6 Å². The summed E-state index contributed by atoms with van der Waals surface area (Å²) in [5, 5.41) is 5.96. The van der Waals surface area contributed by atoms with Gasteiger partial charge in [-0.15, -0.1) is 0 Å². The summed E-state index contributed by atoms with van der Waals surface area (Å²) in [5.74, 6) is -0.0260. The molecular formula is C9H18N2O2. The summed E-state index contributed by atoms with van der Waals surface area (Å²) in [4.78, 5) is 11.2. The second kappa shape index (κ2) is 5.19. The van der Waals surface area contributed by atoms with E-state index in [1.54, 1.807) is 0 Å². The fourth-order valence-corrected chi connectivity index (χ4v) is 1.33. The summed E-state index contributed by atoms with van der Waals surface area (Å²) in [6, 6.07) is 0.192. The lowest BCUT2D eigenvalue weighted by atomic mass is 10.3. The van der Waals surface area contributed by atoms with Crippen LogP contribution in [0.4, 0.5) is 0 Å². The maximum atomic E-state index is 11.2. The van der Waals surface area contributed by atoms with E-state index in [-0.39, 0.29) is 24.7 Å². The van der Waals surface area contributed by atoms with Crippen LogP contribution in [0, 0.1) is 0 Å². The molecular weight excluding hydrogens is 168 g/mol. The topological polar surface area (TPSA) is 50.4 Å². The van der Waals surface area contributed by atoms with Crippen molar-refractivity contribution in [3.8, 4) is 0 Å². The van der Waals surface area contributed by atoms with Crippen LogP contribution in [0.5, 0.6) is 0 Å². The molecule has 0 saturated carbocycles. The zero-order chi connectivity index (χ0) is 9.68. The highest BCUT2D eigenvalue weighted by Crippen LogP contribution is 2.01. The number of nitrogens with one attached hydrogen (secondary N) is 2. The fourth-order valence-electron chi connectivity index (χ4n) is 1.33. The van der Waals surface area contributed by atoms with E-state index in [9.17, 15) is 4.79 Å². The minimum Gasteiger partial charge on any atom is -0.367 e. The van der Waals surface area contributed by atoms with Gasteiger partial charge in [0.05, 0.1) is 6.10 Å². The number of carbonyl (C=O) groups is 1. The lowest BCUT2D eigenvalue weighted by molar-refractivity contribution is -0.127. The Balaban J connectivity index is 2.07. The van der Waals surface area contributed by atoms with E-state index in [1.165, 1.54) is 0 Å². The van der Waals surface area contributed by atoms with Crippen LogP contribution in [0.1, 0.15) is 20.3 Å². The Bertz CT molecular complexity index is 165. The van der Waals surface area contributed by atoms with Crippen LogP contribution in [-0.4, -0.2) is 37.7 Å². The zero-order valence-electron chi connectivity index (χ0n) is 8.30. The minimum atomic E-state index is -0.0260. The number of ether oxygens (including phenoxy) is 1. The van der Waals surface area contributed by atoms with Crippen LogP contribution in [-0.2, 0) is 9.53 Å². The van der Waals surface area contributed by atoms with Gasteiger partial charge in [-0.1, -0.05) is 0 Å². The van der Waals surface area contributed by atoms with Crippen LogP contribution in [0.2, 0.25) is 0 Å². The van der Waals surface area contributed by atoms with Gasteiger partial charge in [0.25, 0.3) is 0 Å². The van der Waals surface area contributed by atoms with Crippen LogP contribution < -0.4 is 10.6 Å². The van der Waals surface area contributed by atoms with Gasteiger partial charge in [0, 0.05) is 12.6 Å². The van der Waals surface area contributed by atoms with E-state index >= 15 is 0 Å². The summed E-state index contributed by atoms with van der Waals surface area (Å²) in [7, 11) is 0. The van der Waals surface area contributed by atoms with E-state index < -0.39 is 0 Å². The van der Waals surface area contributed by atoms with Gasteiger partial charge in [-0.2, -0.15) is 0 Å². The van der Waals surface area contributed by atoms with Crippen molar-refractivity contribution in [2.75, 3.05) is 19.7 Å². The Morgan fingerprint density at radius 2 is 2.46 bits per heavy atom. The highest BCUT2D eigenvalue weighted by Gasteiger charge is 2.15. The van der Waals surface area contributed by atoms with Crippen LogP contribution >= 0.6 is 0 Å². The zero-order valence-corrected chi connectivity index (χ0v) is 8.30. The predicted molar refractivity (Wildman–Crippen MR) is 50.5 cm³/mol. The van der Waals surface area contributed by atoms with Gasteiger partial charge >= 0.3 is 0 Å². The maximum absolute atomic E-state index is 11.2. The van der Waals surface area contributed by atoms with E-state index in [0.29, 0.717) is 0 Å². The molecule has 1 saturated heterocycles. The fraction of sp³-hybridized carbons (Fsp3) is 0.889. The SMILES string of the molecule is CC(C)NC(=O)COC1CCNC1. The molecule has 0 spiro atoms. The number of hydrogen-bond acceptors (Lipinski definition) is 3. The molecule has 4 nitrogen and oxygen atoms in total. The molecule has 1 fully saturated rings. The number of rotatable bonds is 4. The monoisotopic (exact) mass is 186 g/mol. The molecule has 0 radical (unpaired) electrons. The summed E-state index contributed by atoms with van der Waals surface area (Å²) >= 11 is 0. The van der Waals surface area contributed by atoms with Crippen molar-refractivity contribution >= 4 is 5.91 Å². The lowest BCUT2D eigenvalue weighted by Gasteiger charge is -2.12. The first-order valence-corrected chi connectivity index (χ1v) is 4.80. The summed E-state index contributed by atoms with van der Waals surface area (Å²) in [6.07, 6.45) is 1.23. The smallest absolute Gasteiger partial charge is 0.246 e. The third-order valence-electron chi connectivity index (χ3n) is 1.91. The van der Waals surface area contributed by atoms with Crippen molar-refractivity contribution in [1.29, 1.82) is 0 Å². The second-order valence-corrected chi connectivity index (χ2v) is 3.65. The van der Waals surface area contributed by atoms with Crippen molar-refractivity contribution in [2.45, 2.75) is 32.4 Å². The average Bonchev–Trinajstić information content (AvgIpc) is 2.51. The van der Waals surface area contributed by atoms with Crippen LogP contribution in [0.15, 0.2) is 0 Å². The third-order valence-corrected chi connectivity index (χ3v) is 1.91. The normalized spacial score (nSPS) is 22.2. The molecule has 1 unspecified atom stereocenters. The first-order chi connectivity index (χ1) is 6.18. The van der Waals surface area contributed by atoms with Gasteiger partial charge in [-0.25, -0.2) is 0 Å². The molecule has 76 valence electrons. The quantitative estimate of drug-likeness (QED) is 0.644. The van der Waals surface area contributed by atoms with Crippen molar-refractivity contribution < 1.29 is 9.53 Å². The average molecular weight is 186 g/mol. The third kappa shape index (κ3) is 4.24. The summed E-state index contributed by atoms with van der Waals surface area (Å²) in [6.45, 7) is 5.93. The van der Waals surface area contributed by atoms with Crippen molar-refractivity contribution in [1.82, 2.24) is 10.6 Å². The predicted octanol–water partition coefficient (Wildman–Crippen LogP) is -0.110. The molecule has 0 aromatic rings. The van der Waals surface area contributed by atoms with Crippen LogP contribution in [0.25, 0.3) is 0 Å². The molecule has 1 aliphatic heterocycles.